The van der Waals surface area contributed by atoms with Gasteiger partial charge in [-0.05, 0) is 43.7 Å². The molecule has 164 valence electrons. The molecule has 9 heteroatoms. The summed E-state index contributed by atoms with van der Waals surface area (Å²) in [5.41, 5.74) is 2.78. The average molecular weight is 432 g/mol. The van der Waals surface area contributed by atoms with Gasteiger partial charge in [-0.2, -0.15) is 10.4 Å². The fraction of sp³-hybridized carbons (Fsp3) is 0.391. The molecular formula is C23H24N6O3. The van der Waals surface area contributed by atoms with Gasteiger partial charge in [-0.3, -0.25) is 4.79 Å². The topological polar surface area (TPSA) is 105 Å². The Bertz CT molecular complexity index is 1200. The van der Waals surface area contributed by atoms with Gasteiger partial charge in [-0.15, -0.1) is 0 Å². The average Bonchev–Trinajstić information content (AvgIpc) is 3.59. The van der Waals surface area contributed by atoms with Crippen LogP contribution < -0.4 is 10.1 Å². The molecule has 0 bridgehead atoms. The molecule has 0 spiro atoms. The molecule has 1 saturated carbocycles. The predicted octanol–water partition coefficient (Wildman–Crippen LogP) is 2.33. The van der Waals surface area contributed by atoms with Crippen LogP contribution >= 0.6 is 0 Å². The van der Waals surface area contributed by atoms with E-state index in [0.717, 1.165) is 42.6 Å². The van der Waals surface area contributed by atoms with Crippen LogP contribution in [0.4, 0.5) is 5.82 Å². The van der Waals surface area contributed by atoms with E-state index >= 15 is 0 Å². The SMILES string of the molecule is CN1CCOC[C@H](Oc2cnc(C#N)cc2-c2ccn3nc(NC(=O)C4CC4)cc3c2)C1. The van der Waals surface area contributed by atoms with Crippen molar-refractivity contribution >= 4 is 17.2 Å². The molecule has 3 aromatic heterocycles. The maximum absolute atomic E-state index is 12.1. The summed E-state index contributed by atoms with van der Waals surface area (Å²) in [6.07, 6.45) is 5.17. The van der Waals surface area contributed by atoms with Crippen LogP contribution in [-0.2, 0) is 9.53 Å². The lowest BCUT2D eigenvalue weighted by molar-refractivity contribution is -0.117. The third-order valence-corrected chi connectivity index (χ3v) is 5.69. The number of nitrogens with one attached hydrogen (secondary N) is 1. The first-order chi connectivity index (χ1) is 15.6. The normalized spacial score (nSPS) is 19.3. The van der Waals surface area contributed by atoms with Gasteiger partial charge in [0, 0.05) is 36.8 Å². The van der Waals surface area contributed by atoms with Crippen LogP contribution in [0.5, 0.6) is 5.75 Å². The van der Waals surface area contributed by atoms with E-state index in [9.17, 15) is 10.1 Å². The minimum Gasteiger partial charge on any atom is -0.484 e. The molecule has 9 nitrogen and oxygen atoms in total. The highest BCUT2D eigenvalue weighted by molar-refractivity contribution is 5.93. The molecule has 0 unspecified atom stereocenters. The maximum atomic E-state index is 12.1. The zero-order valence-electron chi connectivity index (χ0n) is 17.8. The van der Waals surface area contributed by atoms with Gasteiger partial charge in [0.1, 0.15) is 23.6 Å². The second-order valence-electron chi connectivity index (χ2n) is 8.33. The fourth-order valence-electron chi connectivity index (χ4n) is 3.80. The molecule has 0 radical (unpaired) electrons. The van der Waals surface area contributed by atoms with Crippen molar-refractivity contribution in [3.05, 3.63) is 42.4 Å². The number of rotatable bonds is 5. The summed E-state index contributed by atoms with van der Waals surface area (Å²) in [7, 11) is 2.04. The molecule has 1 atom stereocenters. The maximum Gasteiger partial charge on any atom is 0.228 e. The highest BCUT2D eigenvalue weighted by Crippen LogP contribution is 2.33. The molecule has 1 saturated heterocycles. The quantitative estimate of drug-likeness (QED) is 0.660. The van der Waals surface area contributed by atoms with E-state index in [1.54, 1.807) is 16.8 Å². The highest BCUT2D eigenvalue weighted by atomic mass is 16.5. The third kappa shape index (κ3) is 4.42. The largest absolute Gasteiger partial charge is 0.484 e. The van der Waals surface area contributed by atoms with Crippen molar-refractivity contribution in [2.24, 2.45) is 5.92 Å². The molecule has 4 heterocycles. The van der Waals surface area contributed by atoms with Crippen LogP contribution in [0, 0.1) is 17.2 Å². The first-order valence-corrected chi connectivity index (χ1v) is 10.7. The van der Waals surface area contributed by atoms with Crippen LogP contribution in [0.1, 0.15) is 18.5 Å². The van der Waals surface area contributed by atoms with Gasteiger partial charge in [0.25, 0.3) is 0 Å². The van der Waals surface area contributed by atoms with Crippen LogP contribution in [0.15, 0.2) is 36.7 Å². The summed E-state index contributed by atoms with van der Waals surface area (Å²) in [6.45, 7) is 2.77. The molecule has 2 fully saturated rings. The summed E-state index contributed by atoms with van der Waals surface area (Å²) < 4.78 is 13.7. The molecule has 2 aliphatic rings. The minimum atomic E-state index is -0.140. The number of pyridine rings is 2. The summed E-state index contributed by atoms with van der Waals surface area (Å²) in [5, 5.41) is 16.7. The Morgan fingerprint density at radius 2 is 2.22 bits per heavy atom. The van der Waals surface area contributed by atoms with Crippen molar-refractivity contribution < 1.29 is 14.3 Å². The minimum absolute atomic E-state index is 0.0210. The molecule has 1 aliphatic heterocycles. The van der Waals surface area contributed by atoms with E-state index in [2.05, 4.69) is 26.4 Å². The Morgan fingerprint density at radius 1 is 1.34 bits per heavy atom. The smallest absolute Gasteiger partial charge is 0.228 e. The van der Waals surface area contributed by atoms with Gasteiger partial charge in [0.15, 0.2) is 5.82 Å². The van der Waals surface area contributed by atoms with Crippen molar-refractivity contribution in [2.45, 2.75) is 18.9 Å². The molecule has 1 amide bonds. The summed E-state index contributed by atoms with van der Waals surface area (Å²) in [6, 6.07) is 9.53. The summed E-state index contributed by atoms with van der Waals surface area (Å²) >= 11 is 0. The lowest BCUT2D eigenvalue weighted by atomic mass is 10.1. The number of hydrogen-bond acceptors (Lipinski definition) is 7. The Labute approximate surface area is 185 Å². The molecule has 3 aromatic rings. The van der Waals surface area contributed by atoms with Crippen LogP contribution in [0.2, 0.25) is 0 Å². The standard InChI is InChI=1S/C23H24N6O3/c1-28-6-7-31-14-19(13-28)32-21-12-25-17(11-24)9-20(21)16-4-5-29-18(8-16)10-22(27-29)26-23(30)15-2-3-15/h4-5,8-10,12,15,19H,2-3,6-7,13-14H2,1H3,(H,26,27,30)/t19-/m1/s1. The van der Waals surface area contributed by atoms with Crippen molar-refractivity contribution in [3.63, 3.8) is 0 Å². The molecular weight excluding hydrogens is 408 g/mol. The molecule has 1 N–H and O–H groups in total. The lowest BCUT2D eigenvalue weighted by Gasteiger charge is -2.22. The van der Waals surface area contributed by atoms with Gasteiger partial charge in [-0.25, -0.2) is 9.50 Å². The van der Waals surface area contributed by atoms with Gasteiger partial charge in [0.2, 0.25) is 5.91 Å². The molecule has 1 aliphatic carbocycles. The number of anilines is 1. The van der Waals surface area contributed by atoms with E-state index in [0.29, 0.717) is 30.5 Å². The Morgan fingerprint density at radius 3 is 3.03 bits per heavy atom. The first-order valence-electron chi connectivity index (χ1n) is 10.7. The third-order valence-electron chi connectivity index (χ3n) is 5.69. The second-order valence-corrected chi connectivity index (χ2v) is 8.33. The number of carbonyl (C=O) groups excluding carboxylic acids is 1. The van der Waals surface area contributed by atoms with Crippen LogP contribution in [-0.4, -0.2) is 64.9 Å². The number of nitrogens with zero attached hydrogens (tertiary/aromatic N) is 5. The number of ether oxygens (including phenoxy) is 2. The second kappa shape index (κ2) is 8.57. The number of nitriles is 1. The van der Waals surface area contributed by atoms with E-state index < -0.39 is 0 Å². The van der Waals surface area contributed by atoms with Gasteiger partial charge in [-0.1, -0.05) is 0 Å². The van der Waals surface area contributed by atoms with Crippen LogP contribution in [0.25, 0.3) is 16.6 Å². The lowest BCUT2D eigenvalue weighted by Crippen LogP contribution is -2.33. The van der Waals surface area contributed by atoms with Gasteiger partial charge < -0.3 is 19.7 Å². The van der Waals surface area contributed by atoms with Crippen molar-refractivity contribution in [2.75, 3.05) is 38.7 Å². The molecule has 32 heavy (non-hydrogen) atoms. The summed E-state index contributed by atoms with van der Waals surface area (Å²) in [5.74, 6) is 1.26. The number of carbonyl (C=O) groups is 1. The Kier molecular flexibility index (Phi) is 5.47. The number of aromatic nitrogens is 3. The number of likely N-dealkylation sites (N-methyl/N-ethyl adjacent to an activating group) is 1. The zero-order valence-corrected chi connectivity index (χ0v) is 17.8. The fourth-order valence-corrected chi connectivity index (χ4v) is 3.80. The van der Waals surface area contributed by atoms with Crippen molar-refractivity contribution in [3.8, 4) is 22.9 Å². The highest BCUT2D eigenvalue weighted by Gasteiger charge is 2.30. The predicted molar refractivity (Wildman–Crippen MR) is 117 cm³/mol. The van der Waals surface area contributed by atoms with Crippen molar-refractivity contribution in [1.82, 2.24) is 19.5 Å². The molecule has 5 rings (SSSR count). The van der Waals surface area contributed by atoms with Crippen molar-refractivity contribution in [1.29, 1.82) is 5.26 Å². The van der Waals surface area contributed by atoms with Gasteiger partial charge >= 0.3 is 0 Å². The van der Waals surface area contributed by atoms with E-state index in [-0.39, 0.29) is 17.9 Å². The first kappa shape index (κ1) is 20.4. The van der Waals surface area contributed by atoms with Crippen LogP contribution in [0.3, 0.4) is 0 Å². The number of hydrogen-bond donors (Lipinski definition) is 1. The summed E-state index contributed by atoms with van der Waals surface area (Å²) in [4.78, 5) is 18.4. The molecule has 0 aromatic carbocycles. The number of amides is 1. The monoisotopic (exact) mass is 432 g/mol. The van der Waals surface area contributed by atoms with Gasteiger partial charge in [0.05, 0.1) is 24.9 Å². The van der Waals surface area contributed by atoms with E-state index in [1.165, 1.54) is 0 Å². The Hall–Kier alpha value is -3.48. The zero-order chi connectivity index (χ0) is 22.1. The number of fused-ring (bicyclic) bond motifs is 1. The van der Waals surface area contributed by atoms with E-state index in [4.69, 9.17) is 9.47 Å². The Balaban J connectivity index is 1.45. The van der Waals surface area contributed by atoms with E-state index in [1.807, 2.05) is 31.4 Å².